The van der Waals surface area contributed by atoms with Gasteiger partial charge in [0.2, 0.25) is 8.32 Å². The quantitative estimate of drug-likeness (QED) is 0.158. The standard InChI is InChI=1S/C21H54N4O2Si5/c1-28(2,3)24(29(4,5)6)19(20(26)27-32(13,14)15)17-16-18-23-21(22)25(30(7,8)9)31(10,11)12/h19H,16-18H2,1-15H3,(H2,22,23). The molecular formula is C21H54N4O2Si5. The summed E-state index contributed by atoms with van der Waals surface area (Å²) in [7, 11) is -8.62. The molecule has 11 heteroatoms. The summed E-state index contributed by atoms with van der Waals surface area (Å²) >= 11 is 0. The third-order valence-electron chi connectivity index (χ3n) is 4.92. The summed E-state index contributed by atoms with van der Waals surface area (Å²) in [4.78, 5) is 18.1. The molecule has 2 N–H and O–H groups in total. The van der Waals surface area contributed by atoms with Crippen LogP contribution < -0.4 is 5.73 Å². The first-order valence-corrected chi connectivity index (χ1v) is 29.2. The first kappa shape index (κ1) is 31.8. The van der Waals surface area contributed by atoms with Crippen LogP contribution in [-0.4, -0.2) is 74.2 Å². The first-order valence-electron chi connectivity index (χ1n) is 12.0. The van der Waals surface area contributed by atoms with E-state index in [1.165, 1.54) is 0 Å². The van der Waals surface area contributed by atoms with Crippen molar-refractivity contribution in [3.05, 3.63) is 0 Å². The Bertz CT molecular complexity index is 626. The molecule has 1 atom stereocenters. The highest BCUT2D eigenvalue weighted by molar-refractivity contribution is 6.92. The maximum atomic E-state index is 13.4. The number of carbonyl (C=O) groups is 1. The Morgan fingerprint density at radius 2 is 1.19 bits per heavy atom. The molecule has 0 rings (SSSR count). The van der Waals surface area contributed by atoms with Crippen molar-refractivity contribution >= 4 is 53.2 Å². The van der Waals surface area contributed by atoms with Gasteiger partial charge in [-0.3, -0.25) is 9.79 Å². The van der Waals surface area contributed by atoms with Crippen LogP contribution in [-0.2, 0) is 9.22 Å². The smallest absolute Gasteiger partial charge is 0.308 e. The maximum Gasteiger partial charge on any atom is 0.308 e. The summed E-state index contributed by atoms with van der Waals surface area (Å²) in [5, 5.41) is 0. The fraction of sp³-hybridized carbons (Fsp3) is 0.905. The Balaban J connectivity index is 5.74. The van der Waals surface area contributed by atoms with Gasteiger partial charge in [0, 0.05) is 6.54 Å². The predicted octanol–water partition coefficient (Wildman–Crippen LogP) is 5.77. The number of rotatable bonds is 11. The molecule has 6 nitrogen and oxygen atoms in total. The van der Waals surface area contributed by atoms with E-state index < -0.39 is 41.3 Å². The van der Waals surface area contributed by atoms with Crippen molar-refractivity contribution in [3.8, 4) is 0 Å². The van der Waals surface area contributed by atoms with Crippen LogP contribution in [0.3, 0.4) is 0 Å². The Labute approximate surface area is 204 Å². The van der Waals surface area contributed by atoms with Gasteiger partial charge in [-0.05, 0) is 32.5 Å². The third-order valence-corrected chi connectivity index (χ3v) is 20.4. The Morgan fingerprint density at radius 1 is 0.781 bits per heavy atom. The summed E-state index contributed by atoms with van der Waals surface area (Å²) in [6, 6.07) is -0.179. The number of nitrogens with two attached hydrogens (primary N) is 1. The Kier molecular flexibility index (Phi) is 10.9. The van der Waals surface area contributed by atoms with Crippen molar-refractivity contribution in [2.75, 3.05) is 6.54 Å². The summed E-state index contributed by atoms with van der Waals surface area (Å²) < 4.78 is 11.1. The van der Waals surface area contributed by atoms with Gasteiger partial charge in [-0.2, -0.15) is 0 Å². The fourth-order valence-corrected chi connectivity index (χ4v) is 25.6. The zero-order valence-corrected chi connectivity index (χ0v) is 28.9. The highest BCUT2D eigenvalue weighted by atomic mass is 28.4. The second kappa shape index (κ2) is 11.0. The topological polar surface area (TPSA) is 71.2 Å². The van der Waals surface area contributed by atoms with E-state index in [-0.39, 0.29) is 12.0 Å². The van der Waals surface area contributed by atoms with Crippen LogP contribution >= 0.6 is 0 Å². The molecule has 0 radical (unpaired) electrons. The predicted molar refractivity (Wildman–Crippen MR) is 156 cm³/mol. The van der Waals surface area contributed by atoms with Gasteiger partial charge in [0.25, 0.3) is 0 Å². The molecule has 0 bridgehead atoms. The molecule has 0 saturated carbocycles. The van der Waals surface area contributed by atoms with E-state index in [4.69, 9.17) is 15.2 Å². The minimum absolute atomic E-state index is 0.0307. The number of aliphatic imine (C=N–C) groups is 1. The monoisotopic (exact) mass is 534 g/mol. The Hall–Kier alpha value is -0.216. The van der Waals surface area contributed by atoms with Gasteiger partial charge in [-0.1, -0.05) is 78.6 Å². The SMILES string of the molecule is C[Si](C)(C)OC(=O)C(CCCN=C(N)N([Si](C)(C)C)[Si](C)(C)C)N([Si](C)(C)C)[Si](C)(C)C. The van der Waals surface area contributed by atoms with E-state index in [1.54, 1.807) is 0 Å². The highest BCUT2D eigenvalue weighted by Crippen LogP contribution is 2.27. The molecule has 0 aromatic carbocycles. The molecule has 0 saturated heterocycles. The maximum absolute atomic E-state index is 13.4. The van der Waals surface area contributed by atoms with Gasteiger partial charge in [0.1, 0.15) is 32.9 Å². The van der Waals surface area contributed by atoms with E-state index >= 15 is 0 Å². The third kappa shape index (κ3) is 10.8. The molecule has 0 aliphatic carbocycles. The molecule has 0 aliphatic rings. The van der Waals surface area contributed by atoms with Crippen molar-refractivity contribution in [2.24, 2.45) is 10.7 Å². The van der Waals surface area contributed by atoms with E-state index in [2.05, 4.69) is 107 Å². The minimum Gasteiger partial charge on any atom is -0.519 e. The zero-order valence-electron chi connectivity index (χ0n) is 23.9. The van der Waals surface area contributed by atoms with Crippen LogP contribution in [0.2, 0.25) is 98.2 Å². The average molecular weight is 535 g/mol. The van der Waals surface area contributed by atoms with Gasteiger partial charge < -0.3 is 18.6 Å². The number of guanidine groups is 1. The van der Waals surface area contributed by atoms with Crippen LogP contribution in [0.1, 0.15) is 12.8 Å². The van der Waals surface area contributed by atoms with E-state index in [0.29, 0.717) is 12.5 Å². The molecule has 190 valence electrons. The van der Waals surface area contributed by atoms with E-state index in [9.17, 15) is 4.79 Å². The van der Waals surface area contributed by atoms with Crippen LogP contribution in [0.4, 0.5) is 0 Å². The number of hydrogen-bond donors (Lipinski definition) is 1. The van der Waals surface area contributed by atoms with Crippen molar-refractivity contribution < 1.29 is 9.22 Å². The van der Waals surface area contributed by atoms with Crippen LogP contribution in [0, 0.1) is 0 Å². The number of carbonyl (C=O) groups excluding carboxylic acids is 1. The summed E-state index contributed by atoms with van der Waals surface area (Å²) in [6.45, 7) is 34.9. The van der Waals surface area contributed by atoms with Crippen molar-refractivity contribution in [1.82, 2.24) is 8.46 Å². The van der Waals surface area contributed by atoms with Crippen molar-refractivity contribution in [1.29, 1.82) is 0 Å². The molecule has 0 aliphatic heterocycles. The van der Waals surface area contributed by atoms with Gasteiger partial charge in [-0.15, -0.1) is 0 Å². The lowest BCUT2D eigenvalue weighted by Crippen LogP contribution is -2.65. The molecule has 32 heavy (non-hydrogen) atoms. The molecule has 0 aromatic rings. The molecule has 0 spiro atoms. The van der Waals surface area contributed by atoms with Crippen LogP contribution in [0.5, 0.6) is 0 Å². The average Bonchev–Trinajstić information content (AvgIpc) is 2.42. The second-order valence-corrected chi connectivity index (χ2v) is 38.4. The molecule has 0 amide bonds. The summed E-state index contributed by atoms with van der Waals surface area (Å²) in [5.41, 5.74) is 6.51. The lowest BCUT2D eigenvalue weighted by Gasteiger charge is -2.48. The van der Waals surface area contributed by atoms with E-state index in [0.717, 1.165) is 12.8 Å². The fourth-order valence-electron chi connectivity index (χ4n) is 4.91. The highest BCUT2D eigenvalue weighted by Gasteiger charge is 2.43. The number of nitrogens with zero attached hydrogens (tertiary/aromatic N) is 3. The lowest BCUT2D eigenvalue weighted by molar-refractivity contribution is -0.138. The molecule has 0 heterocycles. The van der Waals surface area contributed by atoms with Crippen LogP contribution in [0.25, 0.3) is 0 Å². The number of hydrogen-bond acceptors (Lipinski definition) is 4. The van der Waals surface area contributed by atoms with Crippen molar-refractivity contribution in [3.63, 3.8) is 0 Å². The largest absolute Gasteiger partial charge is 0.519 e. The van der Waals surface area contributed by atoms with Gasteiger partial charge >= 0.3 is 5.97 Å². The van der Waals surface area contributed by atoms with Crippen molar-refractivity contribution in [2.45, 2.75) is 117 Å². The van der Waals surface area contributed by atoms with Gasteiger partial charge in [0.15, 0.2) is 5.96 Å². The first-order chi connectivity index (χ1) is 13.9. The molecule has 0 aromatic heterocycles. The van der Waals surface area contributed by atoms with Gasteiger partial charge in [0.05, 0.1) is 6.04 Å². The molecule has 1 unspecified atom stereocenters. The normalized spacial score (nSPS) is 15.7. The zero-order chi connectivity index (χ0) is 25.9. The molecular weight excluding hydrogens is 481 g/mol. The molecule has 0 fully saturated rings. The summed E-state index contributed by atoms with van der Waals surface area (Å²) in [5.74, 6) is 0.661. The van der Waals surface area contributed by atoms with Gasteiger partial charge in [-0.25, -0.2) is 0 Å². The lowest BCUT2D eigenvalue weighted by atomic mass is 10.2. The summed E-state index contributed by atoms with van der Waals surface area (Å²) in [6.07, 6.45) is 1.61. The second-order valence-electron chi connectivity index (χ2n) is 13.8. The Morgan fingerprint density at radius 3 is 1.50 bits per heavy atom. The van der Waals surface area contributed by atoms with E-state index in [1.807, 2.05) is 0 Å². The minimum atomic E-state index is -1.96. The van der Waals surface area contributed by atoms with Crippen LogP contribution in [0.15, 0.2) is 4.99 Å².